The average molecular weight is 471 g/mol. The van der Waals surface area contributed by atoms with E-state index in [4.69, 9.17) is 9.47 Å². The van der Waals surface area contributed by atoms with E-state index >= 15 is 0 Å². The summed E-state index contributed by atoms with van der Waals surface area (Å²) in [5, 5.41) is 3.49. The smallest absolute Gasteiger partial charge is 0.147 e. The molecule has 1 N–H and O–H groups in total. The number of halogens is 2. The Kier molecular flexibility index (Phi) is 7.94. The summed E-state index contributed by atoms with van der Waals surface area (Å²) in [6.07, 6.45) is 0. The van der Waals surface area contributed by atoms with Crippen LogP contribution in [0.3, 0.4) is 0 Å². The Hall–Kier alpha value is -0.880. The molecule has 3 nitrogen and oxygen atoms in total. The fraction of sp³-hybridized carbons (Fsp3) is 0.400. The van der Waals surface area contributed by atoms with Gasteiger partial charge in [0.1, 0.15) is 12.4 Å². The maximum absolute atomic E-state index is 5.87. The molecule has 136 valence electrons. The molecule has 25 heavy (non-hydrogen) atoms. The molecular weight excluding hydrogens is 446 g/mol. The molecule has 0 spiro atoms. The molecule has 2 aromatic rings. The van der Waals surface area contributed by atoms with Gasteiger partial charge in [0.15, 0.2) is 0 Å². The quantitative estimate of drug-likeness (QED) is 0.502. The number of ether oxygens (including phenoxy) is 2. The molecule has 5 heteroatoms. The Morgan fingerprint density at radius 1 is 0.920 bits per heavy atom. The van der Waals surface area contributed by atoms with E-state index in [1.807, 2.05) is 18.2 Å². The van der Waals surface area contributed by atoms with Crippen molar-refractivity contribution in [2.24, 2.45) is 0 Å². The lowest BCUT2D eigenvalue weighted by molar-refractivity contribution is 0.0884. The highest BCUT2D eigenvalue weighted by Gasteiger charge is 2.12. The fourth-order valence-electron chi connectivity index (χ4n) is 2.19. The second-order valence-electron chi connectivity index (χ2n) is 6.88. The van der Waals surface area contributed by atoms with Gasteiger partial charge in [0, 0.05) is 12.1 Å². The van der Waals surface area contributed by atoms with Crippen LogP contribution in [-0.2, 0) is 17.9 Å². The highest BCUT2D eigenvalue weighted by molar-refractivity contribution is 9.11. The second-order valence-corrected chi connectivity index (χ2v) is 8.59. The average Bonchev–Trinajstić information content (AvgIpc) is 2.55. The van der Waals surface area contributed by atoms with Gasteiger partial charge < -0.3 is 14.8 Å². The van der Waals surface area contributed by atoms with Gasteiger partial charge in [-0.05, 0) is 75.9 Å². The first-order valence-electron chi connectivity index (χ1n) is 8.32. The number of hydrogen-bond acceptors (Lipinski definition) is 3. The molecule has 0 aliphatic rings. The van der Waals surface area contributed by atoms with Crippen LogP contribution in [0.1, 0.15) is 31.9 Å². The van der Waals surface area contributed by atoms with E-state index < -0.39 is 0 Å². The Bertz CT molecular complexity index is 646. The predicted octanol–water partition coefficient (Wildman–Crippen LogP) is 5.70. The zero-order valence-electron chi connectivity index (χ0n) is 14.9. The van der Waals surface area contributed by atoms with Crippen molar-refractivity contribution in [2.45, 2.75) is 39.5 Å². The van der Waals surface area contributed by atoms with Gasteiger partial charge in [-0.15, -0.1) is 0 Å². The normalized spacial score (nSPS) is 11.6. The Morgan fingerprint density at radius 2 is 1.56 bits per heavy atom. The van der Waals surface area contributed by atoms with Crippen LogP contribution in [0, 0.1) is 0 Å². The molecular formula is C20H25Br2NO2. The maximum Gasteiger partial charge on any atom is 0.147 e. The van der Waals surface area contributed by atoms with Gasteiger partial charge in [-0.2, -0.15) is 0 Å². The third kappa shape index (κ3) is 7.48. The van der Waals surface area contributed by atoms with Crippen LogP contribution in [0.5, 0.6) is 5.75 Å². The van der Waals surface area contributed by atoms with Crippen molar-refractivity contribution < 1.29 is 9.47 Å². The van der Waals surface area contributed by atoms with E-state index in [2.05, 4.69) is 82.2 Å². The monoisotopic (exact) mass is 469 g/mol. The van der Waals surface area contributed by atoms with Crippen LogP contribution in [0.15, 0.2) is 51.4 Å². The van der Waals surface area contributed by atoms with Gasteiger partial charge >= 0.3 is 0 Å². The van der Waals surface area contributed by atoms with E-state index in [9.17, 15) is 0 Å². The highest BCUT2D eigenvalue weighted by Crippen LogP contribution is 2.34. The summed E-state index contributed by atoms with van der Waals surface area (Å²) in [7, 11) is 0. The SMILES string of the molecule is CC(C)(C)NCc1cc(Br)c(OCCOCc2ccccc2)c(Br)c1. The predicted molar refractivity (Wildman–Crippen MR) is 110 cm³/mol. The van der Waals surface area contributed by atoms with Crippen molar-refractivity contribution in [3.05, 3.63) is 62.5 Å². The summed E-state index contributed by atoms with van der Waals surface area (Å²) in [5.74, 6) is 0.808. The van der Waals surface area contributed by atoms with Crippen LogP contribution < -0.4 is 10.1 Å². The van der Waals surface area contributed by atoms with Crippen molar-refractivity contribution >= 4 is 31.9 Å². The van der Waals surface area contributed by atoms with Gasteiger partial charge in [-0.25, -0.2) is 0 Å². The van der Waals surface area contributed by atoms with Crippen molar-refractivity contribution in [2.75, 3.05) is 13.2 Å². The lowest BCUT2D eigenvalue weighted by Gasteiger charge is -2.21. The standard InChI is InChI=1S/C20H25Br2NO2/c1-20(2,3)23-13-16-11-17(21)19(18(22)12-16)25-10-9-24-14-15-7-5-4-6-8-15/h4-8,11-12,23H,9-10,13-14H2,1-3H3. The van der Waals surface area contributed by atoms with Gasteiger partial charge in [0.2, 0.25) is 0 Å². The third-order valence-electron chi connectivity index (χ3n) is 3.47. The first-order valence-corrected chi connectivity index (χ1v) is 9.91. The maximum atomic E-state index is 5.87. The largest absolute Gasteiger partial charge is 0.489 e. The van der Waals surface area contributed by atoms with E-state index in [1.54, 1.807) is 0 Å². The molecule has 0 unspecified atom stereocenters. The minimum absolute atomic E-state index is 0.0875. The molecule has 0 amide bonds. The highest BCUT2D eigenvalue weighted by atomic mass is 79.9. The lowest BCUT2D eigenvalue weighted by atomic mass is 10.1. The molecule has 2 aromatic carbocycles. The molecule has 0 saturated heterocycles. The molecule has 0 heterocycles. The van der Waals surface area contributed by atoms with Gasteiger partial charge in [0.05, 0.1) is 22.2 Å². The number of hydrogen-bond donors (Lipinski definition) is 1. The molecule has 2 rings (SSSR count). The first-order chi connectivity index (χ1) is 11.8. The number of benzene rings is 2. The lowest BCUT2D eigenvalue weighted by Crippen LogP contribution is -2.35. The van der Waals surface area contributed by atoms with Crippen molar-refractivity contribution in [3.8, 4) is 5.75 Å². The van der Waals surface area contributed by atoms with Gasteiger partial charge in [-0.1, -0.05) is 30.3 Å². The molecule has 0 radical (unpaired) electrons. The van der Waals surface area contributed by atoms with Crippen molar-refractivity contribution in [1.29, 1.82) is 0 Å². The van der Waals surface area contributed by atoms with Gasteiger partial charge in [-0.3, -0.25) is 0 Å². The van der Waals surface area contributed by atoms with Crippen LogP contribution in [0.25, 0.3) is 0 Å². The molecule has 0 aliphatic heterocycles. The van der Waals surface area contributed by atoms with E-state index in [0.717, 1.165) is 21.2 Å². The van der Waals surface area contributed by atoms with E-state index in [1.165, 1.54) is 11.1 Å². The third-order valence-corrected chi connectivity index (χ3v) is 4.64. The Balaban J connectivity index is 1.81. The summed E-state index contributed by atoms with van der Waals surface area (Å²) in [6, 6.07) is 14.3. The molecule has 0 aromatic heterocycles. The molecule has 0 aliphatic carbocycles. The topological polar surface area (TPSA) is 30.5 Å². The Labute approximate surface area is 167 Å². The number of rotatable bonds is 8. The summed E-state index contributed by atoms with van der Waals surface area (Å²) in [6.45, 7) is 8.92. The number of nitrogens with one attached hydrogen (secondary N) is 1. The minimum atomic E-state index is 0.0875. The molecule has 0 saturated carbocycles. The molecule has 0 fully saturated rings. The van der Waals surface area contributed by atoms with Crippen LogP contribution >= 0.6 is 31.9 Å². The first kappa shape index (κ1) is 20.4. The second kappa shape index (κ2) is 9.72. The summed E-state index contributed by atoms with van der Waals surface area (Å²) >= 11 is 7.20. The van der Waals surface area contributed by atoms with E-state index in [0.29, 0.717) is 19.8 Å². The zero-order chi connectivity index (χ0) is 18.3. The van der Waals surface area contributed by atoms with E-state index in [-0.39, 0.29) is 5.54 Å². The van der Waals surface area contributed by atoms with Crippen LogP contribution in [0.4, 0.5) is 0 Å². The zero-order valence-corrected chi connectivity index (χ0v) is 18.1. The van der Waals surface area contributed by atoms with Crippen LogP contribution in [-0.4, -0.2) is 18.8 Å². The summed E-state index contributed by atoms with van der Waals surface area (Å²) in [5.41, 5.74) is 2.45. The molecule has 0 atom stereocenters. The molecule has 0 bridgehead atoms. The van der Waals surface area contributed by atoms with Crippen molar-refractivity contribution in [3.63, 3.8) is 0 Å². The fourth-order valence-corrected chi connectivity index (χ4v) is 3.70. The summed E-state index contributed by atoms with van der Waals surface area (Å²) < 4.78 is 13.4. The van der Waals surface area contributed by atoms with Crippen LogP contribution in [0.2, 0.25) is 0 Å². The Morgan fingerprint density at radius 3 is 2.16 bits per heavy atom. The van der Waals surface area contributed by atoms with Crippen molar-refractivity contribution in [1.82, 2.24) is 5.32 Å². The van der Waals surface area contributed by atoms with Gasteiger partial charge in [0.25, 0.3) is 0 Å². The minimum Gasteiger partial charge on any atom is -0.489 e. The summed E-state index contributed by atoms with van der Waals surface area (Å²) in [4.78, 5) is 0.